The van der Waals surface area contributed by atoms with Gasteiger partial charge in [-0.3, -0.25) is 0 Å². The zero-order chi connectivity index (χ0) is 12.3. The van der Waals surface area contributed by atoms with Gasteiger partial charge in [-0.25, -0.2) is 9.37 Å². The van der Waals surface area contributed by atoms with Gasteiger partial charge in [0.25, 0.3) is 0 Å². The molecule has 2 nitrogen and oxygen atoms in total. The van der Waals surface area contributed by atoms with Gasteiger partial charge in [-0.15, -0.1) is 11.6 Å². The number of halogens is 2. The lowest BCUT2D eigenvalue weighted by Crippen LogP contribution is -1.90. The van der Waals surface area contributed by atoms with Gasteiger partial charge < -0.3 is 4.74 Å². The molecule has 0 atom stereocenters. The van der Waals surface area contributed by atoms with Gasteiger partial charge in [0.15, 0.2) is 0 Å². The lowest BCUT2D eigenvalue weighted by atomic mass is 10.2. The van der Waals surface area contributed by atoms with Crippen molar-refractivity contribution < 1.29 is 9.13 Å². The first-order valence-electron chi connectivity index (χ1n) is 5.14. The third-order valence-electron chi connectivity index (χ3n) is 2.30. The van der Waals surface area contributed by atoms with Crippen LogP contribution in [0.2, 0.25) is 0 Å². The van der Waals surface area contributed by atoms with Gasteiger partial charge >= 0.3 is 0 Å². The highest BCUT2D eigenvalue weighted by molar-refractivity contribution is 6.17. The van der Waals surface area contributed by atoms with Gasteiger partial charge in [0.2, 0.25) is 5.88 Å². The molecular formula is C13H11ClFNO. The van der Waals surface area contributed by atoms with Gasteiger partial charge in [-0.1, -0.05) is 6.07 Å². The summed E-state index contributed by atoms with van der Waals surface area (Å²) in [5.41, 5.74) is 1.47. The van der Waals surface area contributed by atoms with E-state index >= 15 is 0 Å². The Kier molecular flexibility index (Phi) is 3.59. The van der Waals surface area contributed by atoms with E-state index in [4.69, 9.17) is 16.3 Å². The topological polar surface area (TPSA) is 22.1 Å². The van der Waals surface area contributed by atoms with Crippen molar-refractivity contribution in [2.24, 2.45) is 0 Å². The van der Waals surface area contributed by atoms with Crippen LogP contribution in [0.5, 0.6) is 11.6 Å². The van der Waals surface area contributed by atoms with E-state index in [0.29, 0.717) is 23.1 Å². The molecule has 1 aromatic heterocycles. The summed E-state index contributed by atoms with van der Waals surface area (Å²) in [7, 11) is 0. The molecule has 0 aliphatic heterocycles. The zero-order valence-corrected chi connectivity index (χ0v) is 10.0. The number of ether oxygens (including phenoxy) is 1. The van der Waals surface area contributed by atoms with E-state index < -0.39 is 0 Å². The fraction of sp³-hybridized carbons (Fsp3) is 0.154. The molecule has 0 unspecified atom stereocenters. The fourth-order valence-corrected chi connectivity index (χ4v) is 1.51. The summed E-state index contributed by atoms with van der Waals surface area (Å²) in [6, 6.07) is 8.14. The Morgan fingerprint density at radius 1 is 1.29 bits per heavy atom. The molecule has 0 fully saturated rings. The molecule has 2 aromatic rings. The first-order valence-corrected chi connectivity index (χ1v) is 5.67. The number of benzene rings is 1. The monoisotopic (exact) mass is 251 g/mol. The van der Waals surface area contributed by atoms with Gasteiger partial charge in [0.1, 0.15) is 11.6 Å². The number of aryl methyl sites for hydroxylation is 1. The molecule has 0 spiro atoms. The summed E-state index contributed by atoms with van der Waals surface area (Å²) in [5.74, 6) is 1.20. The smallest absolute Gasteiger partial charge is 0.219 e. The van der Waals surface area contributed by atoms with Crippen molar-refractivity contribution in [3.8, 4) is 11.6 Å². The molecule has 0 saturated heterocycles. The summed E-state index contributed by atoms with van der Waals surface area (Å²) in [6.07, 6.45) is 1.65. The first-order chi connectivity index (χ1) is 8.19. The molecule has 17 heavy (non-hydrogen) atoms. The Balaban J connectivity index is 2.16. The average molecular weight is 252 g/mol. The van der Waals surface area contributed by atoms with Crippen molar-refractivity contribution in [2.45, 2.75) is 12.8 Å². The molecule has 0 aliphatic rings. The summed E-state index contributed by atoms with van der Waals surface area (Å²) in [5, 5.41) is 0. The highest BCUT2D eigenvalue weighted by Gasteiger charge is 2.02. The Bertz CT molecular complexity index is 513. The van der Waals surface area contributed by atoms with E-state index in [1.165, 1.54) is 6.07 Å². The van der Waals surface area contributed by atoms with Gasteiger partial charge in [-0.05, 0) is 36.2 Å². The van der Waals surface area contributed by atoms with Crippen molar-refractivity contribution in [3.63, 3.8) is 0 Å². The molecule has 88 valence electrons. The predicted octanol–water partition coefficient (Wildman–Crippen LogP) is 4.06. The summed E-state index contributed by atoms with van der Waals surface area (Å²) >= 11 is 5.66. The van der Waals surface area contributed by atoms with Gasteiger partial charge in [-0.2, -0.15) is 0 Å². The van der Waals surface area contributed by atoms with E-state index in [1.807, 2.05) is 6.07 Å². The highest BCUT2D eigenvalue weighted by atomic mass is 35.5. The van der Waals surface area contributed by atoms with E-state index in [2.05, 4.69) is 4.98 Å². The normalized spacial score (nSPS) is 10.3. The van der Waals surface area contributed by atoms with E-state index in [1.54, 1.807) is 31.3 Å². The lowest BCUT2D eigenvalue weighted by molar-refractivity contribution is 0.460. The van der Waals surface area contributed by atoms with Crippen LogP contribution in [-0.2, 0) is 5.88 Å². The van der Waals surface area contributed by atoms with Crippen LogP contribution in [0.4, 0.5) is 4.39 Å². The van der Waals surface area contributed by atoms with Crippen molar-refractivity contribution >= 4 is 11.6 Å². The minimum absolute atomic E-state index is 0.247. The minimum Gasteiger partial charge on any atom is -0.439 e. The minimum atomic E-state index is -0.247. The number of nitrogens with zero attached hydrogens (tertiary/aromatic N) is 1. The molecule has 0 radical (unpaired) electrons. The second kappa shape index (κ2) is 5.15. The molecule has 0 saturated carbocycles. The second-order valence-electron chi connectivity index (χ2n) is 3.65. The fourth-order valence-electron chi connectivity index (χ4n) is 1.35. The Labute approximate surface area is 104 Å². The van der Waals surface area contributed by atoms with Crippen LogP contribution in [0.1, 0.15) is 11.1 Å². The van der Waals surface area contributed by atoms with Crippen LogP contribution in [0.3, 0.4) is 0 Å². The quantitative estimate of drug-likeness (QED) is 0.768. The Morgan fingerprint density at radius 3 is 2.71 bits per heavy atom. The number of aromatic nitrogens is 1. The summed E-state index contributed by atoms with van der Waals surface area (Å²) in [4.78, 5) is 4.10. The molecule has 0 bridgehead atoms. The average Bonchev–Trinajstić information content (AvgIpc) is 2.35. The molecule has 4 heteroatoms. The van der Waals surface area contributed by atoms with Crippen molar-refractivity contribution in [1.82, 2.24) is 4.98 Å². The van der Waals surface area contributed by atoms with E-state index in [-0.39, 0.29) is 5.82 Å². The number of hydrogen-bond donors (Lipinski definition) is 0. The lowest BCUT2D eigenvalue weighted by Gasteiger charge is -2.06. The molecule has 1 aromatic carbocycles. The van der Waals surface area contributed by atoms with Crippen molar-refractivity contribution in [1.29, 1.82) is 0 Å². The van der Waals surface area contributed by atoms with Gasteiger partial charge in [0.05, 0.1) is 0 Å². The van der Waals surface area contributed by atoms with E-state index in [0.717, 1.165) is 5.56 Å². The highest BCUT2D eigenvalue weighted by Crippen LogP contribution is 2.22. The van der Waals surface area contributed by atoms with Crippen LogP contribution in [-0.4, -0.2) is 4.98 Å². The van der Waals surface area contributed by atoms with Crippen LogP contribution >= 0.6 is 11.6 Å². The molecule has 0 amide bonds. The van der Waals surface area contributed by atoms with Crippen molar-refractivity contribution in [2.75, 3.05) is 0 Å². The second-order valence-corrected chi connectivity index (χ2v) is 3.92. The summed E-state index contributed by atoms with van der Waals surface area (Å²) < 4.78 is 18.5. The third kappa shape index (κ3) is 2.94. The zero-order valence-electron chi connectivity index (χ0n) is 9.28. The Hall–Kier alpha value is -1.61. The number of pyridine rings is 1. The maximum atomic E-state index is 13.1. The molecular weight excluding hydrogens is 241 g/mol. The molecule has 1 heterocycles. The molecule has 2 rings (SSSR count). The third-order valence-corrected chi connectivity index (χ3v) is 2.61. The number of hydrogen-bond acceptors (Lipinski definition) is 2. The van der Waals surface area contributed by atoms with E-state index in [9.17, 15) is 4.39 Å². The molecule has 0 N–H and O–H groups in total. The van der Waals surface area contributed by atoms with Crippen LogP contribution in [0.25, 0.3) is 0 Å². The maximum absolute atomic E-state index is 13.1. The van der Waals surface area contributed by atoms with Crippen LogP contribution in [0.15, 0.2) is 36.5 Å². The maximum Gasteiger partial charge on any atom is 0.219 e. The predicted molar refractivity (Wildman–Crippen MR) is 65.0 cm³/mol. The largest absolute Gasteiger partial charge is 0.439 e. The first kappa shape index (κ1) is 11.9. The SMILES string of the molecule is Cc1cc(Oc2ccc(CCl)cn2)ccc1F. The molecule has 0 aliphatic carbocycles. The standard InChI is InChI=1S/C13H11ClFNO/c1-9-6-11(3-4-12(9)15)17-13-5-2-10(7-14)8-16-13/h2-6,8H,7H2,1H3. The van der Waals surface area contributed by atoms with Crippen molar-refractivity contribution in [3.05, 3.63) is 53.5 Å². The number of rotatable bonds is 3. The van der Waals surface area contributed by atoms with Crippen LogP contribution < -0.4 is 4.74 Å². The van der Waals surface area contributed by atoms with Gasteiger partial charge in [0, 0.05) is 18.1 Å². The number of alkyl halides is 1. The Morgan fingerprint density at radius 2 is 2.12 bits per heavy atom. The van der Waals surface area contributed by atoms with Crippen LogP contribution in [0, 0.1) is 12.7 Å². The summed E-state index contributed by atoms with van der Waals surface area (Å²) in [6.45, 7) is 1.69.